The molecule has 1 aromatic rings. The highest BCUT2D eigenvalue weighted by atomic mass is 16.5. The van der Waals surface area contributed by atoms with Gasteiger partial charge < -0.3 is 40.3 Å². The molecule has 1 aromatic carbocycles. The van der Waals surface area contributed by atoms with Crippen LogP contribution in [0.25, 0.3) is 0 Å². The third-order valence-electron chi connectivity index (χ3n) is 10.1. The van der Waals surface area contributed by atoms with Gasteiger partial charge in [0.25, 0.3) is 0 Å². The molecule has 1 fully saturated rings. The highest BCUT2D eigenvalue weighted by molar-refractivity contribution is 5.90. The Balaban J connectivity index is 2.20. The van der Waals surface area contributed by atoms with Crippen molar-refractivity contribution in [2.45, 2.75) is 116 Å². The van der Waals surface area contributed by atoms with Gasteiger partial charge in [-0.2, -0.15) is 0 Å². The van der Waals surface area contributed by atoms with Crippen molar-refractivity contribution in [3.63, 3.8) is 0 Å². The van der Waals surface area contributed by atoms with Crippen molar-refractivity contribution in [3.05, 3.63) is 35.9 Å². The number of likely N-dealkylation sites (tertiary alicyclic amines) is 1. The molecule has 50 heavy (non-hydrogen) atoms. The molecular weight excluding hydrogens is 642 g/mol. The summed E-state index contributed by atoms with van der Waals surface area (Å²) < 4.78 is 11.8. The van der Waals surface area contributed by atoms with Crippen molar-refractivity contribution in [2.24, 2.45) is 17.8 Å². The number of carbonyl (C=O) groups excluding carboxylic acids is 4. The van der Waals surface area contributed by atoms with Gasteiger partial charge in [-0.3, -0.25) is 19.2 Å². The first-order chi connectivity index (χ1) is 23.6. The fraction of sp³-hybridized carbons (Fsp3) is 0.703. The molecule has 0 bridgehead atoms. The van der Waals surface area contributed by atoms with Crippen molar-refractivity contribution < 1.29 is 38.6 Å². The van der Waals surface area contributed by atoms with Gasteiger partial charge in [0.15, 0.2) is 0 Å². The Morgan fingerprint density at radius 2 is 1.62 bits per heavy atom. The smallest absolute Gasteiger partial charge is 0.326 e. The van der Waals surface area contributed by atoms with E-state index in [1.165, 1.54) is 14.2 Å². The zero-order chi connectivity index (χ0) is 37.7. The summed E-state index contributed by atoms with van der Waals surface area (Å²) >= 11 is 0. The van der Waals surface area contributed by atoms with Gasteiger partial charge in [0.2, 0.25) is 23.6 Å². The molecule has 9 atom stereocenters. The molecule has 0 aliphatic carbocycles. The molecule has 0 radical (unpaired) electrons. The van der Waals surface area contributed by atoms with E-state index in [1.807, 2.05) is 58.0 Å². The number of methoxy groups -OCH3 is 2. The Morgan fingerprint density at radius 1 is 0.980 bits per heavy atom. The third-order valence-corrected chi connectivity index (χ3v) is 10.1. The lowest BCUT2D eigenvalue weighted by molar-refractivity contribution is -0.147. The maximum absolute atomic E-state index is 14.0. The molecule has 1 saturated heterocycles. The molecule has 4 N–H and O–H groups in total. The van der Waals surface area contributed by atoms with Crippen molar-refractivity contribution in [1.82, 2.24) is 25.8 Å². The van der Waals surface area contributed by atoms with Crippen LogP contribution in [0, 0.1) is 17.8 Å². The van der Waals surface area contributed by atoms with Crippen LogP contribution in [0.4, 0.5) is 0 Å². The molecule has 2 rings (SSSR count). The molecule has 1 heterocycles. The lowest BCUT2D eigenvalue weighted by Gasteiger charge is -2.40. The Hall–Kier alpha value is -3.55. The zero-order valence-corrected chi connectivity index (χ0v) is 31.6. The van der Waals surface area contributed by atoms with Gasteiger partial charge >= 0.3 is 5.97 Å². The average molecular weight is 704 g/mol. The number of carboxylic acids is 1. The molecular formula is C37H61N5O8. The number of nitrogens with one attached hydrogen (secondary N) is 3. The maximum Gasteiger partial charge on any atom is 0.326 e. The molecule has 1 aliphatic rings. The number of benzene rings is 1. The van der Waals surface area contributed by atoms with Gasteiger partial charge in [0.05, 0.1) is 42.7 Å². The number of hydrogen-bond donors (Lipinski definition) is 4. The Labute approximate surface area is 298 Å². The summed E-state index contributed by atoms with van der Waals surface area (Å²) in [6, 6.07) is 5.84. The molecule has 13 heteroatoms. The maximum atomic E-state index is 14.0. The number of ether oxygens (including phenoxy) is 2. The molecule has 282 valence electrons. The minimum absolute atomic E-state index is 0.00921. The average Bonchev–Trinajstić information content (AvgIpc) is 3.57. The normalized spacial score (nSPS) is 19.4. The first-order valence-electron chi connectivity index (χ1n) is 17.8. The second kappa shape index (κ2) is 20.3. The van der Waals surface area contributed by atoms with E-state index in [9.17, 15) is 29.1 Å². The third kappa shape index (κ3) is 11.2. The van der Waals surface area contributed by atoms with E-state index in [4.69, 9.17) is 9.47 Å². The number of aliphatic carboxylic acids is 1. The van der Waals surface area contributed by atoms with Crippen LogP contribution >= 0.6 is 0 Å². The molecule has 0 spiro atoms. The van der Waals surface area contributed by atoms with E-state index in [1.54, 1.807) is 37.7 Å². The van der Waals surface area contributed by atoms with Gasteiger partial charge in [-0.05, 0) is 44.2 Å². The highest BCUT2D eigenvalue weighted by Gasteiger charge is 2.43. The quantitative estimate of drug-likeness (QED) is 0.160. The Morgan fingerprint density at radius 3 is 2.14 bits per heavy atom. The lowest BCUT2D eigenvalue weighted by atomic mass is 9.90. The summed E-state index contributed by atoms with van der Waals surface area (Å²) in [5.41, 5.74) is 0.784. The van der Waals surface area contributed by atoms with E-state index >= 15 is 0 Å². The number of carboxylic acid groups (broad SMARTS) is 1. The lowest BCUT2D eigenvalue weighted by Crippen LogP contribution is -2.57. The van der Waals surface area contributed by atoms with Crippen LogP contribution in [0.1, 0.15) is 72.8 Å². The van der Waals surface area contributed by atoms with Crippen LogP contribution < -0.4 is 16.0 Å². The van der Waals surface area contributed by atoms with Gasteiger partial charge in [-0.15, -0.1) is 0 Å². The molecule has 0 aromatic heterocycles. The van der Waals surface area contributed by atoms with Crippen LogP contribution in [0.15, 0.2) is 30.3 Å². The molecule has 4 amide bonds. The number of hydrogen-bond acceptors (Lipinski definition) is 8. The van der Waals surface area contributed by atoms with Gasteiger partial charge in [0, 0.05) is 34.2 Å². The summed E-state index contributed by atoms with van der Waals surface area (Å²) in [6.45, 7) is 11.7. The van der Waals surface area contributed by atoms with Crippen molar-refractivity contribution in [2.75, 3.05) is 34.9 Å². The number of likely N-dealkylation sites (N-methyl/N-ethyl adjacent to an activating group) is 2. The highest BCUT2D eigenvalue weighted by Crippen LogP contribution is 2.29. The summed E-state index contributed by atoms with van der Waals surface area (Å²) in [4.78, 5) is 69.3. The van der Waals surface area contributed by atoms with Crippen LogP contribution in [0.2, 0.25) is 0 Å². The standard InChI is InChI=1S/C37H61N5O8/c1-11-23(4)32(41(8)36(46)25(6)39-35(45)31(38-7)22(2)3)29(49-9)21-30(43)42-19-15-18-28(42)33(50-10)24(5)34(44)40-27(37(47)48)20-26-16-13-12-14-17-26/h12-14,16-17,22-25,27-29,31-33,38H,11,15,18-21H2,1-10H3,(H,39,45)(H,40,44)(H,47,48)/t23-,24+,25-,27-,28-,29+,31-,32-,33+/m0/s1. The summed E-state index contributed by atoms with van der Waals surface area (Å²) in [5, 5.41) is 18.3. The summed E-state index contributed by atoms with van der Waals surface area (Å²) in [7, 11) is 6.40. The van der Waals surface area contributed by atoms with Gasteiger partial charge in [-0.25, -0.2) is 4.79 Å². The fourth-order valence-electron chi connectivity index (χ4n) is 7.10. The summed E-state index contributed by atoms with van der Waals surface area (Å²) in [5.74, 6) is -3.10. The monoisotopic (exact) mass is 703 g/mol. The minimum atomic E-state index is -1.14. The number of carbonyl (C=O) groups is 5. The van der Waals surface area contributed by atoms with E-state index in [2.05, 4.69) is 16.0 Å². The molecule has 0 saturated carbocycles. The first-order valence-corrected chi connectivity index (χ1v) is 17.8. The van der Waals surface area contributed by atoms with Gasteiger partial charge in [0.1, 0.15) is 12.1 Å². The van der Waals surface area contributed by atoms with Gasteiger partial charge in [-0.1, -0.05) is 71.4 Å². The Bertz CT molecular complexity index is 1260. The van der Waals surface area contributed by atoms with Crippen molar-refractivity contribution >= 4 is 29.6 Å². The van der Waals surface area contributed by atoms with E-state index < -0.39 is 60.2 Å². The molecule has 13 nitrogen and oxygen atoms in total. The number of nitrogens with zero attached hydrogens (tertiary/aromatic N) is 2. The molecule has 1 aliphatic heterocycles. The second-order valence-electron chi connectivity index (χ2n) is 13.9. The summed E-state index contributed by atoms with van der Waals surface area (Å²) in [6.07, 6.45) is 0.839. The van der Waals surface area contributed by atoms with E-state index in [0.717, 1.165) is 12.0 Å². The largest absolute Gasteiger partial charge is 0.480 e. The van der Waals surface area contributed by atoms with Crippen LogP contribution in [-0.4, -0.2) is 122 Å². The van der Waals surface area contributed by atoms with Crippen molar-refractivity contribution in [1.29, 1.82) is 0 Å². The topological polar surface area (TPSA) is 167 Å². The van der Waals surface area contributed by atoms with Crippen molar-refractivity contribution in [3.8, 4) is 0 Å². The van der Waals surface area contributed by atoms with E-state index in [0.29, 0.717) is 19.4 Å². The second-order valence-corrected chi connectivity index (χ2v) is 13.9. The first kappa shape index (κ1) is 42.6. The Kier molecular flexibility index (Phi) is 17.3. The fourth-order valence-corrected chi connectivity index (χ4v) is 7.10. The predicted molar refractivity (Wildman–Crippen MR) is 191 cm³/mol. The van der Waals surface area contributed by atoms with Crippen LogP contribution in [0.3, 0.4) is 0 Å². The van der Waals surface area contributed by atoms with Crippen LogP contribution in [0.5, 0.6) is 0 Å². The number of rotatable bonds is 20. The molecule has 0 unspecified atom stereocenters. The predicted octanol–water partition coefficient (Wildman–Crippen LogP) is 2.47. The van der Waals surface area contributed by atoms with E-state index in [-0.39, 0.29) is 42.4 Å². The van der Waals surface area contributed by atoms with Crippen LogP contribution in [-0.2, 0) is 39.9 Å². The SMILES string of the molecule is CC[C@H](C)[C@@H]([C@@H](CC(=O)N1CCC[C@H]1[C@H](OC)[C@@H](C)C(=O)N[C@@H](Cc1ccccc1)C(=O)O)OC)N(C)C(=O)[C@H](C)NC(=O)[C@@H](NC)C(C)C. The number of amides is 4. The zero-order valence-electron chi connectivity index (χ0n) is 31.6. The minimum Gasteiger partial charge on any atom is -0.480 e.